The molecule has 2 atom stereocenters. The Hall–Kier alpha value is -16.3. The van der Waals surface area contributed by atoms with Crippen molar-refractivity contribution in [2.45, 2.75) is 45.7 Å². The van der Waals surface area contributed by atoms with Crippen LogP contribution in [-0.2, 0) is 5.41 Å². The Morgan fingerprint density at radius 1 is 0.381 bits per heavy atom. The molecule has 2 aliphatic heterocycles. The lowest BCUT2D eigenvalue weighted by molar-refractivity contribution is -0.549. The molecule has 23 aromatic rings. The highest BCUT2D eigenvalue weighted by molar-refractivity contribution is 7.20. The minimum absolute atomic E-state index is 0.153. The van der Waals surface area contributed by atoms with Crippen LogP contribution in [0.2, 0.25) is 19.6 Å². The van der Waals surface area contributed by atoms with Crippen molar-refractivity contribution in [3.63, 3.8) is 0 Å². The summed E-state index contributed by atoms with van der Waals surface area (Å²) in [4.78, 5) is 29.8. The van der Waals surface area contributed by atoms with Crippen molar-refractivity contribution in [2.24, 2.45) is 0 Å². The molecule has 0 saturated carbocycles. The third-order valence-electron chi connectivity index (χ3n) is 28.7. The van der Waals surface area contributed by atoms with Crippen LogP contribution in [0.1, 0.15) is 38.8 Å². The van der Waals surface area contributed by atoms with E-state index < -0.39 is 37.5 Å². The number of aromatic amines is 1. The van der Waals surface area contributed by atoms with Gasteiger partial charge in [0.05, 0.1) is 39.7 Å². The molecule has 12 nitrogen and oxygen atoms in total. The average molecular weight is 1780 g/mol. The first-order valence-electron chi connectivity index (χ1n) is 48.5. The van der Waals surface area contributed by atoms with E-state index >= 15 is 0 Å². The number of benzene rings is 17. The van der Waals surface area contributed by atoms with E-state index in [1.807, 2.05) is 96.0 Å². The molecule has 0 amide bonds. The number of H-pyrrole nitrogens is 1. The zero-order valence-electron chi connectivity index (χ0n) is 79.6. The second-order valence-corrected chi connectivity index (χ2v) is 47.3. The summed E-state index contributed by atoms with van der Waals surface area (Å²) in [5.74, 6) is 5.00. The van der Waals surface area contributed by atoms with E-state index in [1.54, 1.807) is 24.5 Å². The van der Waals surface area contributed by atoms with Crippen LogP contribution in [0.3, 0.4) is 0 Å². The number of hydrogen-bond donors (Lipinski definition) is 1. The fourth-order valence-electron chi connectivity index (χ4n) is 22.4. The number of nitrogens with zero attached hydrogens (tertiary/aromatic N) is 9. The maximum Gasteiger partial charge on any atom is 0.361 e. The molecule has 636 valence electrons. The first-order valence-corrected chi connectivity index (χ1v) is 52.5. The van der Waals surface area contributed by atoms with Crippen LogP contribution in [0.5, 0.6) is 23.0 Å². The molecule has 0 radical (unpaired) electrons. The molecule has 1 N–H and O–H groups in total. The van der Waals surface area contributed by atoms with Crippen molar-refractivity contribution in [3.8, 4) is 124 Å². The first-order chi connectivity index (χ1) is 68.3. The second-order valence-electron chi connectivity index (χ2n) is 36.2. The average Bonchev–Trinajstić information content (AvgIpc) is 1.07. The summed E-state index contributed by atoms with van der Waals surface area (Å²) in [5, 5.41) is 9.23. The molecule has 2 aliphatic carbocycles. The molecule has 6 aromatic heterocycles. The van der Waals surface area contributed by atoms with Gasteiger partial charge in [-0.1, -0.05) is 361 Å². The number of rotatable bonds is 9. The van der Waals surface area contributed by atoms with Gasteiger partial charge in [0.2, 0.25) is 5.78 Å². The third-order valence-corrected chi connectivity index (χ3v) is 40.9. The molecule has 27 rings (SSSR count). The Morgan fingerprint density at radius 2 is 0.896 bits per heavy atom. The minimum atomic E-state index is -3.83. The normalized spacial score (nSPS) is 15.3. The Morgan fingerprint density at radius 3 is 1.60 bits per heavy atom. The van der Waals surface area contributed by atoms with Gasteiger partial charge in [-0.2, -0.15) is 4.57 Å². The van der Waals surface area contributed by atoms with Crippen LogP contribution in [0.4, 0.5) is 0 Å². The molecule has 0 saturated heterocycles. The second kappa shape index (κ2) is 30.1. The molecule has 0 fully saturated rings. The van der Waals surface area contributed by atoms with Crippen LogP contribution in [0, 0.1) is 6.85 Å². The predicted molar refractivity (Wildman–Crippen MR) is 553 cm³/mol. The maximum atomic E-state index is 9.65. The topological polar surface area (TPSA) is 116 Å². The fraction of sp³-hybridized carbons (Fsp3) is 0.0588. The third kappa shape index (κ3) is 11.6. The summed E-state index contributed by atoms with van der Waals surface area (Å²) in [6.45, 7) is 4.23. The lowest BCUT2D eigenvalue weighted by Gasteiger charge is -2.40. The van der Waals surface area contributed by atoms with Gasteiger partial charge in [-0.15, -0.1) is 9.97 Å². The quantitative estimate of drug-likeness (QED) is 0.0869. The Kier molecular flexibility index (Phi) is 16.3. The van der Waals surface area contributed by atoms with E-state index in [0.29, 0.717) is 50.3 Å². The molecule has 8 heterocycles. The number of hydrogen-bond acceptors (Lipinski definition) is 7. The zero-order chi connectivity index (χ0) is 94.5. The van der Waals surface area contributed by atoms with Crippen LogP contribution in [0.25, 0.3) is 157 Å². The number of aromatic nitrogens is 10. The van der Waals surface area contributed by atoms with Gasteiger partial charge < -0.3 is 9.47 Å². The number of para-hydroxylation sites is 10. The van der Waals surface area contributed by atoms with Crippen LogP contribution >= 0.6 is 0 Å². The van der Waals surface area contributed by atoms with E-state index in [-0.39, 0.29) is 11.0 Å². The summed E-state index contributed by atoms with van der Waals surface area (Å²) in [7, 11) is -10.4. The molecule has 0 bridgehead atoms. The van der Waals surface area contributed by atoms with Crippen molar-refractivity contribution >= 4 is 127 Å². The van der Waals surface area contributed by atoms with Crippen molar-refractivity contribution < 1.29 is 22.3 Å². The first kappa shape index (κ1) is 72.5. The van der Waals surface area contributed by atoms with E-state index in [9.17, 15) is 4.11 Å². The molecular formula is C119H87N10O2Si3+. The van der Waals surface area contributed by atoms with Crippen molar-refractivity contribution in [1.82, 2.24) is 43.3 Å². The van der Waals surface area contributed by atoms with Crippen molar-refractivity contribution in [1.29, 1.82) is 0 Å². The molecule has 2 unspecified atom stereocenters. The summed E-state index contributed by atoms with van der Waals surface area (Å²) >= 11 is 0. The minimum Gasteiger partial charge on any atom is -0.458 e. The highest BCUT2D eigenvalue weighted by Crippen LogP contribution is 2.52. The smallest absolute Gasteiger partial charge is 0.361 e. The van der Waals surface area contributed by atoms with Gasteiger partial charge in [0, 0.05) is 65.1 Å². The van der Waals surface area contributed by atoms with Gasteiger partial charge in [0.25, 0.3) is 0 Å². The SMILES string of the molecule is CC1(C)c2ccccc2Oc2c1cccc2[Si](C)(c1ccccc1)c1ccc2c(c1)-c1ccccc1-c1cnc(-[n+]3c4ccccc4n4c5ccccc5[nH]c43)nc1-c1ccccc1-2.[2H]C([2H])([2H])c1cccc2c1nc1n(-c3cc([Si](c4ccccc4)(c4ccccc4)c4ccc5c(c4)-c4ccccc4-c4ccccc4-c4nccnc4-5)c4c(c3)[Si](C)(C([2H])([2H])[2H])c3ccccc3O4)c3ccccc3n21. The Labute approximate surface area is 786 Å². The fourth-order valence-corrected chi connectivity index (χ4v) is 33.6. The van der Waals surface area contributed by atoms with Crippen LogP contribution in [-0.4, -0.2) is 67.5 Å². The van der Waals surface area contributed by atoms with Gasteiger partial charge in [0.1, 0.15) is 66.9 Å². The van der Waals surface area contributed by atoms with E-state index in [0.717, 1.165) is 149 Å². The number of ether oxygens (including phenoxy) is 2. The molecule has 0 spiro atoms. The lowest BCUT2D eigenvalue weighted by Crippen LogP contribution is -2.76. The monoisotopic (exact) mass is 1780 g/mol. The molecule has 4 aliphatic rings. The molecule has 134 heavy (non-hydrogen) atoms. The predicted octanol–water partition coefficient (Wildman–Crippen LogP) is 22.0. The van der Waals surface area contributed by atoms with Gasteiger partial charge >= 0.3 is 11.7 Å². The van der Waals surface area contributed by atoms with Gasteiger partial charge in [0.15, 0.2) is 8.07 Å². The highest BCUT2D eigenvalue weighted by Gasteiger charge is 2.50. The lowest BCUT2D eigenvalue weighted by atomic mass is 9.76. The van der Waals surface area contributed by atoms with Crippen LogP contribution in [0.15, 0.2) is 413 Å². The van der Waals surface area contributed by atoms with Gasteiger partial charge in [-0.05, 0) is 176 Å². The molecule has 17 aromatic carbocycles. The number of imidazole rings is 4. The number of aryl methyl sites for hydroxylation is 1. The Bertz CT molecular complexity index is 9060. The van der Waals surface area contributed by atoms with E-state index in [1.165, 1.54) is 37.8 Å². The molecule has 15 heteroatoms. The maximum absolute atomic E-state index is 9.65. The summed E-state index contributed by atoms with van der Waals surface area (Å²) < 4.78 is 77.7. The Balaban J connectivity index is 0.000000146. The highest BCUT2D eigenvalue weighted by atomic mass is 28.3. The largest absolute Gasteiger partial charge is 0.458 e. The standard InChI is InChI=1S/C62H45N5OSi2.C57H41N5OSi/c1-40-19-18-30-53-58(40)65-62-66(51-28-14-15-29-52(51)67(53)62)41-37-56-61(68-54-31-16-17-32-55(54)69(56,2)3)57(38-41)70(42-20-6-4-7-21-42,43-22-8-5-9-23-43)44-33-34-49-50(39-44)47-26-11-10-24-45(47)46-25-12-13-27-48(46)59-60(49)64-36-35-63-59;1-57(2)45-24-11-16-30-51(45)63-54-46(57)25-17-31-52(54)64(3,36-18-5-4-6-19-36)37-32-33-41-38-20-9-10-23-42(38)53-44(40-22-8-7-21-39(40)43(41)34-37)35-58-55(60-53)62-50-29-15-14-28-49(50)61-48-27-13-12-26-47(48)59-56(61)62/h4-39H,1-3H3;4-35H,1-3H3/p+1/i1D3,2D3;. The van der Waals surface area contributed by atoms with Crippen molar-refractivity contribution in [3.05, 3.63) is 430 Å². The number of nitrogens with one attached hydrogen (secondary N) is 1. The zero-order valence-corrected chi connectivity index (χ0v) is 76.6. The number of fused-ring (bicyclic) bond motifs is 30. The van der Waals surface area contributed by atoms with Crippen LogP contribution < -0.4 is 60.7 Å². The summed E-state index contributed by atoms with van der Waals surface area (Å²) in [5.41, 5.74) is 26.3. The van der Waals surface area contributed by atoms with E-state index in [4.69, 9.17) is 38.5 Å². The molecular weight excluding hydrogens is 1690 g/mol. The van der Waals surface area contributed by atoms with Crippen molar-refractivity contribution in [2.75, 3.05) is 0 Å². The summed E-state index contributed by atoms with van der Waals surface area (Å²) in [6, 6.07) is 138. The summed E-state index contributed by atoms with van der Waals surface area (Å²) in [6.07, 6.45) is 5.55. The van der Waals surface area contributed by atoms with E-state index in [2.05, 4.69) is 342 Å². The van der Waals surface area contributed by atoms with Gasteiger partial charge in [-0.3, -0.25) is 23.9 Å². The van der Waals surface area contributed by atoms with Gasteiger partial charge in [-0.25, -0.2) is 9.38 Å².